The van der Waals surface area contributed by atoms with E-state index in [9.17, 15) is 4.79 Å². The van der Waals surface area contributed by atoms with E-state index in [0.29, 0.717) is 17.5 Å². The van der Waals surface area contributed by atoms with Gasteiger partial charge in [-0.15, -0.1) is 22.0 Å². The third-order valence-corrected chi connectivity index (χ3v) is 5.49. The number of amides is 1. The first-order chi connectivity index (χ1) is 14.7. The molecular weight excluding hydrogens is 394 g/mol. The van der Waals surface area contributed by atoms with Crippen molar-refractivity contribution >= 4 is 23.4 Å². The summed E-state index contributed by atoms with van der Waals surface area (Å²) in [7, 11) is 0. The van der Waals surface area contributed by atoms with Gasteiger partial charge in [0.2, 0.25) is 17.7 Å². The summed E-state index contributed by atoms with van der Waals surface area (Å²) >= 11 is 1.59. The number of hydrogen-bond donors (Lipinski definition) is 1. The second kappa shape index (κ2) is 9.41. The number of thioether (sulfide) groups is 1. The third-order valence-electron chi connectivity index (χ3n) is 4.48. The molecule has 0 aliphatic rings. The summed E-state index contributed by atoms with van der Waals surface area (Å²) in [6.45, 7) is 2.03. The molecule has 6 heteroatoms. The van der Waals surface area contributed by atoms with Crippen molar-refractivity contribution in [3.8, 4) is 22.9 Å². The molecule has 0 bridgehead atoms. The van der Waals surface area contributed by atoms with Crippen molar-refractivity contribution in [2.24, 2.45) is 0 Å². The van der Waals surface area contributed by atoms with Crippen LogP contribution in [0.4, 0.5) is 5.69 Å². The van der Waals surface area contributed by atoms with E-state index in [1.54, 1.807) is 11.8 Å². The number of benzene rings is 3. The molecule has 4 aromatic rings. The van der Waals surface area contributed by atoms with Crippen LogP contribution in [0.1, 0.15) is 11.1 Å². The second-order valence-electron chi connectivity index (χ2n) is 6.88. The Balaban J connectivity index is 1.33. The van der Waals surface area contributed by atoms with Crippen molar-refractivity contribution in [2.45, 2.75) is 12.7 Å². The molecule has 150 valence electrons. The number of nitrogens with zero attached hydrogens (tertiary/aromatic N) is 2. The summed E-state index contributed by atoms with van der Waals surface area (Å²) < 4.78 is 5.80. The van der Waals surface area contributed by atoms with Gasteiger partial charge in [0, 0.05) is 22.6 Å². The highest BCUT2D eigenvalue weighted by Gasteiger charge is 2.11. The van der Waals surface area contributed by atoms with E-state index < -0.39 is 0 Å². The first-order valence-corrected chi connectivity index (χ1v) is 10.8. The lowest BCUT2D eigenvalue weighted by Gasteiger charge is -2.06. The highest BCUT2D eigenvalue weighted by molar-refractivity contribution is 7.99. The van der Waals surface area contributed by atoms with Crippen molar-refractivity contribution in [1.29, 1.82) is 0 Å². The maximum absolute atomic E-state index is 12.2. The highest BCUT2D eigenvalue weighted by atomic mass is 32.2. The van der Waals surface area contributed by atoms with E-state index in [4.69, 9.17) is 4.42 Å². The summed E-state index contributed by atoms with van der Waals surface area (Å²) in [4.78, 5) is 12.2. The van der Waals surface area contributed by atoms with Crippen LogP contribution in [0.5, 0.6) is 0 Å². The van der Waals surface area contributed by atoms with Gasteiger partial charge in [-0.25, -0.2) is 0 Å². The fourth-order valence-electron chi connectivity index (χ4n) is 2.88. The number of nitrogens with one attached hydrogen (secondary N) is 1. The van der Waals surface area contributed by atoms with E-state index >= 15 is 0 Å². The monoisotopic (exact) mass is 415 g/mol. The Labute approximate surface area is 179 Å². The standard InChI is InChI=1S/C24H21N3O2S/c1-17-7-9-19(10-8-17)23-26-27-24(29-23)20-11-13-21(14-12-20)25-22(28)16-30-15-18-5-3-2-4-6-18/h2-14H,15-16H2,1H3,(H,25,28). The van der Waals surface area contributed by atoms with Crippen LogP contribution in [0.2, 0.25) is 0 Å². The Bertz CT molecular complexity index is 1110. The van der Waals surface area contributed by atoms with Crippen LogP contribution in [0.15, 0.2) is 83.3 Å². The summed E-state index contributed by atoms with van der Waals surface area (Å²) in [6, 6.07) is 25.5. The van der Waals surface area contributed by atoms with Crippen LogP contribution >= 0.6 is 11.8 Å². The molecule has 0 saturated carbocycles. The van der Waals surface area contributed by atoms with Gasteiger partial charge in [0.15, 0.2) is 0 Å². The topological polar surface area (TPSA) is 68.0 Å². The van der Waals surface area contributed by atoms with Crippen LogP contribution in [0.3, 0.4) is 0 Å². The smallest absolute Gasteiger partial charge is 0.248 e. The van der Waals surface area contributed by atoms with Gasteiger partial charge >= 0.3 is 0 Å². The van der Waals surface area contributed by atoms with Gasteiger partial charge in [0.25, 0.3) is 0 Å². The number of hydrogen-bond acceptors (Lipinski definition) is 5. The molecular formula is C24H21N3O2S. The van der Waals surface area contributed by atoms with Crippen LogP contribution < -0.4 is 5.32 Å². The number of anilines is 1. The van der Waals surface area contributed by atoms with E-state index in [1.807, 2.05) is 73.7 Å². The Kier molecular flexibility index (Phi) is 6.25. The highest BCUT2D eigenvalue weighted by Crippen LogP contribution is 2.25. The molecule has 5 nitrogen and oxygen atoms in total. The summed E-state index contributed by atoms with van der Waals surface area (Å²) in [5.74, 6) is 2.12. The predicted octanol–water partition coefficient (Wildman–Crippen LogP) is 5.58. The van der Waals surface area contributed by atoms with Gasteiger partial charge in [-0.05, 0) is 48.9 Å². The van der Waals surface area contributed by atoms with E-state index in [1.165, 1.54) is 11.1 Å². The third kappa shape index (κ3) is 5.15. The van der Waals surface area contributed by atoms with Crippen molar-refractivity contribution < 1.29 is 9.21 Å². The van der Waals surface area contributed by atoms with Gasteiger partial charge in [0.05, 0.1) is 5.75 Å². The molecule has 0 radical (unpaired) electrons. The normalized spacial score (nSPS) is 10.7. The molecule has 4 rings (SSSR count). The van der Waals surface area contributed by atoms with Gasteiger partial charge < -0.3 is 9.73 Å². The van der Waals surface area contributed by atoms with Gasteiger partial charge in [-0.3, -0.25) is 4.79 Å². The number of carbonyl (C=O) groups is 1. The van der Waals surface area contributed by atoms with Crippen molar-refractivity contribution in [3.05, 3.63) is 90.0 Å². The van der Waals surface area contributed by atoms with Crippen LogP contribution in [-0.4, -0.2) is 21.9 Å². The molecule has 1 aromatic heterocycles. The molecule has 0 aliphatic carbocycles. The lowest BCUT2D eigenvalue weighted by Crippen LogP contribution is -2.14. The molecule has 0 atom stereocenters. The molecule has 0 fully saturated rings. The molecule has 1 N–H and O–H groups in total. The van der Waals surface area contributed by atoms with Gasteiger partial charge in [0.1, 0.15) is 0 Å². The van der Waals surface area contributed by atoms with Crippen LogP contribution in [0.25, 0.3) is 22.9 Å². The minimum absolute atomic E-state index is 0.0249. The van der Waals surface area contributed by atoms with Crippen LogP contribution in [0, 0.1) is 6.92 Å². The number of rotatable bonds is 7. The first-order valence-electron chi connectivity index (χ1n) is 9.60. The summed E-state index contributed by atoms with van der Waals surface area (Å²) in [5.41, 5.74) is 4.81. The molecule has 0 unspecified atom stereocenters. The van der Waals surface area contributed by atoms with Gasteiger partial charge in [-0.1, -0.05) is 48.0 Å². The van der Waals surface area contributed by atoms with E-state index in [0.717, 1.165) is 22.6 Å². The minimum Gasteiger partial charge on any atom is -0.416 e. The molecule has 3 aromatic carbocycles. The Hall–Kier alpha value is -3.38. The fraction of sp³-hybridized carbons (Fsp3) is 0.125. The number of carbonyl (C=O) groups excluding carboxylic acids is 1. The Morgan fingerprint density at radius 3 is 2.10 bits per heavy atom. The van der Waals surface area contributed by atoms with E-state index in [2.05, 4.69) is 27.6 Å². The molecule has 1 amide bonds. The zero-order valence-electron chi connectivity index (χ0n) is 16.5. The molecule has 30 heavy (non-hydrogen) atoms. The summed E-state index contributed by atoms with van der Waals surface area (Å²) in [6.07, 6.45) is 0. The average Bonchev–Trinajstić information content (AvgIpc) is 3.26. The second-order valence-corrected chi connectivity index (χ2v) is 7.87. The fourth-order valence-corrected chi connectivity index (χ4v) is 3.67. The summed E-state index contributed by atoms with van der Waals surface area (Å²) in [5, 5.41) is 11.2. The first kappa shape index (κ1) is 19.9. The van der Waals surface area contributed by atoms with Gasteiger partial charge in [-0.2, -0.15) is 0 Å². The maximum atomic E-state index is 12.2. The average molecular weight is 416 g/mol. The zero-order chi connectivity index (χ0) is 20.8. The van der Waals surface area contributed by atoms with Crippen LogP contribution in [-0.2, 0) is 10.5 Å². The molecule has 0 saturated heterocycles. The minimum atomic E-state index is -0.0249. The lowest BCUT2D eigenvalue weighted by atomic mass is 10.1. The van der Waals surface area contributed by atoms with Crippen molar-refractivity contribution in [2.75, 3.05) is 11.1 Å². The lowest BCUT2D eigenvalue weighted by molar-refractivity contribution is -0.113. The van der Waals surface area contributed by atoms with E-state index in [-0.39, 0.29) is 5.91 Å². The SMILES string of the molecule is Cc1ccc(-c2nnc(-c3ccc(NC(=O)CSCc4ccccc4)cc3)o2)cc1. The molecule has 1 heterocycles. The maximum Gasteiger partial charge on any atom is 0.248 e. The Morgan fingerprint density at radius 1 is 0.867 bits per heavy atom. The quantitative estimate of drug-likeness (QED) is 0.426. The Morgan fingerprint density at radius 2 is 1.47 bits per heavy atom. The van der Waals surface area contributed by atoms with Crippen molar-refractivity contribution in [3.63, 3.8) is 0 Å². The largest absolute Gasteiger partial charge is 0.416 e. The number of aryl methyl sites for hydroxylation is 1. The zero-order valence-corrected chi connectivity index (χ0v) is 17.4. The number of aromatic nitrogens is 2. The molecule has 0 spiro atoms. The predicted molar refractivity (Wildman–Crippen MR) is 121 cm³/mol. The molecule has 0 aliphatic heterocycles. The van der Waals surface area contributed by atoms with Crippen molar-refractivity contribution in [1.82, 2.24) is 10.2 Å².